The minimum Gasteiger partial charge on any atom is -0.496 e. The second kappa shape index (κ2) is 6.52. The molecule has 0 radical (unpaired) electrons. The number of methoxy groups -OCH3 is 1. The highest BCUT2D eigenvalue weighted by Crippen LogP contribution is 2.25. The first-order valence-electron chi connectivity index (χ1n) is 7.02. The van der Waals surface area contributed by atoms with Gasteiger partial charge in [0.2, 0.25) is 0 Å². The van der Waals surface area contributed by atoms with Gasteiger partial charge in [0.25, 0.3) is 0 Å². The van der Waals surface area contributed by atoms with Gasteiger partial charge in [-0.15, -0.1) is 0 Å². The molecule has 0 spiro atoms. The molecule has 5 nitrogen and oxygen atoms in total. The molecule has 20 heavy (non-hydrogen) atoms. The van der Waals surface area contributed by atoms with Crippen LogP contribution in [-0.2, 0) is 11.3 Å². The third kappa shape index (κ3) is 3.29. The van der Waals surface area contributed by atoms with Gasteiger partial charge in [0, 0.05) is 37.0 Å². The van der Waals surface area contributed by atoms with Gasteiger partial charge < -0.3 is 14.6 Å². The number of aromatic nitrogens is 1. The van der Waals surface area contributed by atoms with Gasteiger partial charge in [-0.25, -0.2) is 0 Å². The molecule has 1 fully saturated rings. The first kappa shape index (κ1) is 15.2. The van der Waals surface area contributed by atoms with Crippen molar-refractivity contribution >= 4 is 0 Å². The fourth-order valence-corrected chi connectivity index (χ4v) is 2.81. The zero-order valence-corrected chi connectivity index (χ0v) is 12.7. The molecule has 1 aromatic heterocycles. The van der Waals surface area contributed by atoms with Gasteiger partial charge in [-0.1, -0.05) is 0 Å². The lowest BCUT2D eigenvalue weighted by Crippen LogP contribution is -2.47. The zero-order valence-electron chi connectivity index (χ0n) is 12.7. The highest BCUT2D eigenvalue weighted by Gasteiger charge is 2.25. The van der Waals surface area contributed by atoms with E-state index in [4.69, 9.17) is 9.47 Å². The summed E-state index contributed by atoms with van der Waals surface area (Å²) in [5.74, 6) is 0.912. The van der Waals surface area contributed by atoms with Crippen LogP contribution in [0.5, 0.6) is 5.75 Å². The summed E-state index contributed by atoms with van der Waals surface area (Å²) >= 11 is 0. The van der Waals surface area contributed by atoms with Crippen molar-refractivity contribution in [2.75, 3.05) is 26.8 Å². The molecule has 112 valence electrons. The lowest BCUT2D eigenvalue weighted by molar-refractivity contribution is -0.0975. The highest BCUT2D eigenvalue weighted by atomic mass is 16.5. The minimum atomic E-state index is -0.105. The van der Waals surface area contributed by atoms with E-state index in [9.17, 15) is 5.11 Å². The Kier molecular flexibility index (Phi) is 4.96. The second-order valence-electron chi connectivity index (χ2n) is 5.49. The molecule has 1 aliphatic rings. The fraction of sp³-hybridized carbons (Fsp3) is 0.667. The van der Waals surface area contributed by atoms with Gasteiger partial charge in [0.15, 0.2) is 0 Å². The van der Waals surface area contributed by atoms with Crippen molar-refractivity contribution in [2.24, 2.45) is 0 Å². The number of aliphatic hydroxyl groups is 1. The summed E-state index contributed by atoms with van der Waals surface area (Å²) in [6.45, 7) is 8.48. The summed E-state index contributed by atoms with van der Waals surface area (Å²) < 4.78 is 11.1. The Hall–Kier alpha value is -1.17. The number of ether oxygens (including phenoxy) is 2. The van der Waals surface area contributed by atoms with Crippen LogP contribution in [0.15, 0.2) is 6.20 Å². The molecule has 0 bridgehead atoms. The van der Waals surface area contributed by atoms with E-state index in [1.54, 1.807) is 7.11 Å². The lowest BCUT2D eigenvalue weighted by atomic mass is 10.1. The summed E-state index contributed by atoms with van der Waals surface area (Å²) in [5, 5.41) is 9.28. The maximum absolute atomic E-state index is 9.28. The molecular formula is C15H24N2O3. The van der Waals surface area contributed by atoms with Gasteiger partial charge in [-0.3, -0.25) is 9.88 Å². The van der Waals surface area contributed by atoms with E-state index < -0.39 is 0 Å². The zero-order chi connectivity index (χ0) is 14.7. The Morgan fingerprint density at radius 2 is 2.20 bits per heavy atom. The van der Waals surface area contributed by atoms with Crippen molar-refractivity contribution in [2.45, 2.75) is 39.5 Å². The number of hydrogen-bond donors (Lipinski definition) is 1. The maximum atomic E-state index is 9.28. The van der Waals surface area contributed by atoms with E-state index in [-0.39, 0.29) is 18.8 Å². The Balaban J connectivity index is 2.13. The molecule has 0 saturated carbocycles. The molecule has 2 unspecified atom stereocenters. The summed E-state index contributed by atoms with van der Waals surface area (Å²) in [6.07, 6.45) is 1.88. The standard InChI is InChI=1S/C15H24N2O3/c1-10-5-16-14(12(3)15(10)19-4)8-17-6-11(2)20-13(7-17)9-18/h5,11,13,18H,6-9H2,1-4H3. The predicted octanol–water partition coefficient (Wildman–Crippen LogP) is 1.29. The molecule has 1 aromatic rings. The van der Waals surface area contributed by atoms with E-state index >= 15 is 0 Å². The average Bonchev–Trinajstić information content (AvgIpc) is 2.42. The quantitative estimate of drug-likeness (QED) is 0.900. The lowest BCUT2D eigenvalue weighted by Gasteiger charge is -2.36. The number of pyridine rings is 1. The van der Waals surface area contributed by atoms with Crippen LogP contribution in [0.25, 0.3) is 0 Å². The van der Waals surface area contributed by atoms with Gasteiger partial charge in [-0.2, -0.15) is 0 Å². The molecule has 0 amide bonds. The largest absolute Gasteiger partial charge is 0.496 e. The molecule has 2 atom stereocenters. The molecular weight excluding hydrogens is 256 g/mol. The first-order valence-corrected chi connectivity index (χ1v) is 7.02. The van der Waals surface area contributed by atoms with Crippen LogP contribution in [-0.4, -0.2) is 54.0 Å². The van der Waals surface area contributed by atoms with Crippen molar-refractivity contribution in [1.29, 1.82) is 0 Å². The Morgan fingerprint density at radius 3 is 2.85 bits per heavy atom. The minimum absolute atomic E-state index is 0.0600. The summed E-state index contributed by atoms with van der Waals surface area (Å²) in [5.41, 5.74) is 3.17. The smallest absolute Gasteiger partial charge is 0.128 e. The fourth-order valence-electron chi connectivity index (χ4n) is 2.81. The van der Waals surface area contributed by atoms with Gasteiger partial charge in [0.1, 0.15) is 5.75 Å². The second-order valence-corrected chi connectivity index (χ2v) is 5.49. The normalized spacial score (nSPS) is 23.9. The van der Waals surface area contributed by atoms with E-state index in [0.717, 1.165) is 42.2 Å². The summed E-state index contributed by atoms with van der Waals surface area (Å²) in [7, 11) is 1.69. The summed E-state index contributed by atoms with van der Waals surface area (Å²) in [4.78, 5) is 6.81. The number of morpholine rings is 1. The Labute approximate surface area is 120 Å². The third-order valence-electron chi connectivity index (χ3n) is 3.73. The van der Waals surface area contributed by atoms with Crippen LogP contribution in [0.2, 0.25) is 0 Å². The predicted molar refractivity (Wildman–Crippen MR) is 77.0 cm³/mol. The summed E-state index contributed by atoms with van der Waals surface area (Å²) in [6, 6.07) is 0. The molecule has 2 rings (SSSR count). The number of hydrogen-bond acceptors (Lipinski definition) is 5. The molecule has 5 heteroatoms. The van der Waals surface area contributed by atoms with Crippen molar-refractivity contribution < 1.29 is 14.6 Å². The molecule has 2 heterocycles. The first-order chi connectivity index (χ1) is 9.55. The molecule has 0 aromatic carbocycles. The monoisotopic (exact) mass is 280 g/mol. The topological polar surface area (TPSA) is 54.8 Å². The van der Waals surface area contributed by atoms with E-state index in [1.807, 2.05) is 27.0 Å². The van der Waals surface area contributed by atoms with Crippen LogP contribution in [0, 0.1) is 13.8 Å². The molecule has 1 aliphatic heterocycles. The van der Waals surface area contributed by atoms with Crippen molar-refractivity contribution in [1.82, 2.24) is 9.88 Å². The average molecular weight is 280 g/mol. The molecule has 1 N–H and O–H groups in total. The highest BCUT2D eigenvalue weighted by molar-refractivity contribution is 5.41. The van der Waals surface area contributed by atoms with Gasteiger partial charge >= 0.3 is 0 Å². The number of rotatable bonds is 4. The Bertz CT molecular complexity index is 465. The SMILES string of the molecule is COc1c(C)cnc(CN2CC(C)OC(CO)C2)c1C. The number of aliphatic hydroxyl groups excluding tert-OH is 1. The van der Waals surface area contributed by atoms with E-state index in [1.165, 1.54) is 0 Å². The Morgan fingerprint density at radius 1 is 1.45 bits per heavy atom. The third-order valence-corrected chi connectivity index (χ3v) is 3.73. The van der Waals surface area contributed by atoms with E-state index in [0.29, 0.717) is 0 Å². The van der Waals surface area contributed by atoms with Crippen molar-refractivity contribution in [3.8, 4) is 5.75 Å². The van der Waals surface area contributed by atoms with Crippen molar-refractivity contribution in [3.05, 3.63) is 23.0 Å². The van der Waals surface area contributed by atoms with Crippen LogP contribution in [0.1, 0.15) is 23.7 Å². The van der Waals surface area contributed by atoms with Crippen LogP contribution >= 0.6 is 0 Å². The molecule has 1 saturated heterocycles. The van der Waals surface area contributed by atoms with Gasteiger partial charge in [0.05, 0.1) is 31.6 Å². The van der Waals surface area contributed by atoms with Crippen LogP contribution in [0.4, 0.5) is 0 Å². The van der Waals surface area contributed by atoms with Crippen LogP contribution < -0.4 is 4.74 Å². The number of aryl methyl sites for hydroxylation is 1. The van der Waals surface area contributed by atoms with Crippen molar-refractivity contribution in [3.63, 3.8) is 0 Å². The van der Waals surface area contributed by atoms with Gasteiger partial charge in [-0.05, 0) is 20.8 Å². The number of nitrogens with zero attached hydrogens (tertiary/aromatic N) is 2. The molecule has 0 aliphatic carbocycles. The van der Waals surface area contributed by atoms with Crippen LogP contribution in [0.3, 0.4) is 0 Å². The van der Waals surface area contributed by atoms with E-state index in [2.05, 4.69) is 9.88 Å². The maximum Gasteiger partial charge on any atom is 0.128 e.